The molecule has 0 spiro atoms. The highest BCUT2D eigenvalue weighted by atomic mass is 32.1. The fourth-order valence-corrected chi connectivity index (χ4v) is 9.77. The van der Waals surface area contributed by atoms with E-state index >= 15 is 0 Å². The summed E-state index contributed by atoms with van der Waals surface area (Å²) in [6.45, 7) is 0. The molecule has 8 aromatic carbocycles. The molecule has 0 aliphatic heterocycles. The largest absolute Gasteiger partial charge is 0.231 e. The van der Waals surface area contributed by atoms with Crippen molar-refractivity contribution < 1.29 is 0 Å². The van der Waals surface area contributed by atoms with E-state index in [4.69, 9.17) is 20.1 Å². The molecular formula is C56H35N5S. The summed E-state index contributed by atoms with van der Waals surface area (Å²) in [6, 6.07) is 74.5. The number of hydrogen-bond donors (Lipinski definition) is 0. The highest BCUT2D eigenvalue weighted by Gasteiger charge is 2.22. The highest BCUT2D eigenvalue weighted by Crippen LogP contribution is 2.42. The Morgan fingerprint density at radius 2 is 0.855 bits per heavy atom. The molecule has 12 rings (SSSR count). The maximum atomic E-state index is 5.43. The van der Waals surface area contributed by atoms with Gasteiger partial charge in [0.05, 0.1) is 11.2 Å². The topological polar surface area (TPSA) is 56.0 Å². The number of rotatable bonds is 7. The molecule has 62 heavy (non-hydrogen) atoms. The van der Waals surface area contributed by atoms with Crippen LogP contribution in [0.2, 0.25) is 0 Å². The van der Waals surface area contributed by atoms with Gasteiger partial charge in [0.15, 0.2) is 17.5 Å². The quantitative estimate of drug-likeness (QED) is 0.161. The van der Waals surface area contributed by atoms with E-state index in [1.165, 1.54) is 20.2 Å². The average molecular weight is 810 g/mol. The summed E-state index contributed by atoms with van der Waals surface area (Å²) < 4.78 is 4.71. The van der Waals surface area contributed by atoms with Crippen molar-refractivity contribution >= 4 is 47.8 Å². The molecule has 290 valence electrons. The molecule has 6 heteroatoms. The molecule has 4 heterocycles. The number of pyridine rings is 1. The van der Waals surface area contributed by atoms with Gasteiger partial charge in [0.1, 0.15) is 5.69 Å². The summed E-state index contributed by atoms with van der Waals surface area (Å²) in [4.78, 5) is 15.5. The number of fused-ring (bicyclic) bond motifs is 6. The molecule has 0 atom stereocenters. The second-order valence-corrected chi connectivity index (χ2v) is 16.6. The molecular weight excluding hydrogens is 775 g/mol. The molecule has 0 aliphatic carbocycles. The number of aromatic nitrogens is 5. The zero-order valence-electron chi connectivity index (χ0n) is 33.4. The van der Waals surface area contributed by atoms with E-state index in [1.54, 1.807) is 0 Å². The van der Waals surface area contributed by atoms with E-state index in [2.05, 4.69) is 180 Å². The SMILES string of the molecule is c1ccc(-c2nc(-c3cccc(-c4ccc5sc6ccccc6c5c4)c3)nc(-c3cccc(-c4cc5ccccc5c5c(-c6ccccc6)c(-c6ccccc6)nn45)c3)n2)cc1. The van der Waals surface area contributed by atoms with Gasteiger partial charge in [-0.2, -0.15) is 5.10 Å². The zero-order valence-corrected chi connectivity index (χ0v) is 34.2. The minimum atomic E-state index is 0.597. The van der Waals surface area contributed by atoms with E-state index in [9.17, 15) is 0 Å². The molecule has 0 N–H and O–H groups in total. The summed E-state index contributed by atoms with van der Waals surface area (Å²) >= 11 is 1.83. The van der Waals surface area contributed by atoms with E-state index in [0.29, 0.717) is 17.5 Å². The molecule has 0 fully saturated rings. The molecule has 0 bridgehead atoms. The van der Waals surface area contributed by atoms with Crippen LogP contribution in [-0.4, -0.2) is 24.6 Å². The van der Waals surface area contributed by atoms with Gasteiger partial charge in [-0.25, -0.2) is 19.5 Å². The Morgan fingerprint density at radius 3 is 1.58 bits per heavy atom. The molecule has 5 nitrogen and oxygen atoms in total. The molecule has 0 amide bonds. The third-order valence-corrected chi connectivity index (χ3v) is 12.8. The first-order chi connectivity index (χ1) is 30.7. The highest BCUT2D eigenvalue weighted by molar-refractivity contribution is 7.25. The molecule has 0 saturated carbocycles. The standard InChI is InChI=1S/C56H35N5S/c1-4-16-36(17-5-1)51-52(37-18-6-2-7-19-37)60-61-48(35-41-22-10-11-27-45(41)53(51)61)42-24-15-26-44(33-42)56-58-54(38-20-8-3-9-21-38)57-55(59-56)43-25-14-23-39(32-43)40-30-31-50-47(34-40)46-28-12-13-29-49(46)62-50/h1-35H. The minimum absolute atomic E-state index is 0.597. The van der Waals surface area contributed by atoms with E-state index in [0.717, 1.165) is 77.7 Å². The second-order valence-electron chi connectivity index (χ2n) is 15.5. The summed E-state index contributed by atoms with van der Waals surface area (Å²) in [5.74, 6) is 1.83. The Labute approximate surface area is 361 Å². The van der Waals surface area contributed by atoms with Crippen molar-refractivity contribution in [1.29, 1.82) is 0 Å². The van der Waals surface area contributed by atoms with E-state index in [-0.39, 0.29) is 0 Å². The zero-order chi connectivity index (χ0) is 41.0. The van der Waals surface area contributed by atoms with E-state index in [1.807, 2.05) is 47.7 Å². The smallest absolute Gasteiger partial charge is 0.164 e. The average Bonchev–Trinajstić information content (AvgIpc) is 3.94. The van der Waals surface area contributed by atoms with Crippen molar-refractivity contribution in [3.63, 3.8) is 0 Å². The monoisotopic (exact) mass is 809 g/mol. The van der Waals surface area contributed by atoms with Crippen LogP contribution in [0.4, 0.5) is 0 Å². The normalized spacial score (nSPS) is 11.5. The maximum absolute atomic E-state index is 5.43. The van der Waals surface area contributed by atoms with Gasteiger partial charge in [0.25, 0.3) is 0 Å². The number of nitrogens with zero attached hydrogens (tertiary/aromatic N) is 5. The third kappa shape index (κ3) is 6.24. The molecule has 4 aromatic heterocycles. The van der Waals surface area contributed by atoms with Crippen LogP contribution in [-0.2, 0) is 0 Å². The first-order valence-electron chi connectivity index (χ1n) is 20.7. The summed E-state index contributed by atoms with van der Waals surface area (Å²) in [5.41, 5.74) is 12.2. The summed E-state index contributed by atoms with van der Waals surface area (Å²) in [5, 5.41) is 10.3. The summed E-state index contributed by atoms with van der Waals surface area (Å²) in [6.07, 6.45) is 0. The summed E-state index contributed by atoms with van der Waals surface area (Å²) in [7, 11) is 0. The third-order valence-electron chi connectivity index (χ3n) is 11.6. The van der Waals surface area contributed by atoms with Crippen LogP contribution in [0.5, 0.6) is 0 Å². The van der Waals surface area contributed by atoms with Gasteiger partial charge in [-0.05, 0) is 58.5 Å². The molecule has 0 radical (unpaired) electrons. The van der Waals surface area contributed by atoms with Gasteiger partial charge in [0, 0.05) is 58.9 Å². The lowest BCUT2D eigenvalue weighted by molar-refractivity contribution is 0.979. The number of hydrogen-bond acceptors (Lipinski definition) is 5. The predicted molar refractivity (Wildman–Crippen MR) is 257 cm³/mol. The second kappa shape index (κ2) is 14.9. The van der Waals surface area contributed by atoms with Crippen LogP contribution >= 0.6 is 11.3 Å². The van der Waals surface area contributed by atoms with Crippen molar-refractivity contribution in [3.05, 3.63) is 212 Å². The van der Waals surface area contributed by atoms with Gasteiger partial charge in [0.2, 0.25) is 0 Å². The van der Waals surface area contributed by atoms with Gasteiger partial charge >= 0.3 is 0 Å². The minimum Gasteiger partial charge on any atom is -0.231 e. The molecule has 0 aliphatic rings. The predicted octanol–water partition coefficient (Wildman–Crippen LogP) is 14.7. The van der Waals surface area contributed by atoms with Gasteiger partial charge < -0.3 is 0 Å². The van der Waals surface area contributed by atoms with Crippen molar-refractivity contribution in [1.82, 2.24) is 24.6 Å². The molecule has 0 unspecified atom stereocenters. The van der Waals surface area contributed by atoms with E-state index < -0.39 is 0 Å². The van der Waals surface area contributed by atoms with Crippen LogP contribution in [0.3, 0.4) is 0 Å². The van der Waals surface area contributed by atoms with Crippen molar-refractivity contribution in [3.8, 4) is 78.9 Å². The van der Waals surface area contributed by atoms with Crippen LogP contribution in [0, 0.1) is 0 Å². The Morgan fingerprint density at radius 1 is 0.339 bits per heavy atom. The van der Waals surface area contributed by atoms with Crippen LogP contribution < -0.4 is 0 Å². The fraction of sp³-hybridized carbons (Fsp3) is 0. The lowest BCUT2D eigenvalue weighted by Crippen LogP contribution is -2.01. The first-order valence-corrected chi connectivity index (χ1v) is 21.5. The Bertz CT molecular complexity index is 3630. The number of thiophene rings is 1. The maximum Gasteiger partial charge on any atom is 0.164 e. The van der Waals surface area contributed by atoms with Crippen molar-refractivity contribution in [2.24, 2.45) is 0 Å². The van der Waals surface area contributed by atoms with Gasteiger partial charge in [-0.1, -0.05) is 176 Å². The first kappa shape index (κ1) is 35.8. The van der Waals surface area contributed by atoms with Crippen LogP contribution in [0.1, 0.15) is 0 Å². The Kier molecular flexibility index (Phi) is 8.61. The fourth-order valence-electron chi connectivity index (χ4n) is 8.68. The molecule has 0 saturated heterocycles. The Balaban J connectivity index is 1.02. The molecule has 12 aromatic rings. The van der Waals surface area contributed by atoms with Gasteiger partial charge in [-0.15, -0.1) is 11.3 Å². The van der Waals surface area contributed by atoms with Crippen molar-refractivity contribution in [2.75, 3.05) is 0 Å². The lowest BCUT2D eigenvalue weighted by atomic mass is 9.97. The van der Waals surface area contributed by atoms with Crippen LogP contribution in [0.15, 0.2) is 212 Å². The van der Waals surface area contributed by atoms with Crippen molar-refractivity contribution in [2.45, 2.75) is 0 Å². The number of benzene rings is 8. The lowest BCUT2D eigenvalue weighted by Gasteiger charge is -2.12. The van der Waals surface area contributed by atoms with Gasteiger partial charge in [-0.3, -0.25) is 0 Å². The van der Waals surface area contributed by atoms with Crippen LogP contribution in [0.25, 0.3) is 115 Å². The Hall–Kier alpha value is -8.06.